The molecule has 0 radical (unpaired) electrons. The van der Waals surface area contributed by atoms with Gasteiger partial charge in [-0.15, -0.1) is 0 Å². The summed E-state index contributed by atoms with van der Waals surface area (Å²) in [5, 5.41) is 14.7. The van der Waals surface area contributed by atoms with Crippen LogP contribution in [0.3, 0.4) is 0 Å². The lowest BCUT2D eigenvalue weighted by atomic mass is 9.75. The molecule has 1 aliphatic rings. The Morgan fingerprint density at radius 3 is 2.10 bits per heavy atom. The van der Waals surface area contributed by atoms with Crippen LogP contribution >= 0.6 is 0 Å². The van der Waals surface area contributed by atoms with Crippen molar-refractivity contribution >= 4 is 12.0 Å². The SMILES string of the molecule is CCC(CC)(NC(=O)NCC1(N(C)C)CCC1)C(=O)O. The van der Waals surface area contributed by atoms with Crippen molar-refractivity contribution in [3.8, 4) is 0 Å². The minimum atomic E-state index is -1.17. The van der Waals surface area contributed by atoms with E-state index in [4.69, 9.17) is 0 Å². The van der Waals surface area contributed by atoms with E-state index in [9.17, 15) is 14.7 Å². The first-order chi connectivity index (χ1) is 9.32. The van der Waals surface area contributed by atoms with Crippen LogP contribution in [-0.4, -0.2) is 53.7 Å². The fraction of sp³-hybridized carbons (Fsp3) is 0.857. The summed E-state index contributed by atoms with van der Waals surface area (Å²) in [5.74, 6) is -0.983. The van der Waals surface area contributed by atoms with Gasteiger partial charge in [-0.2, -0.15) is 0 Å². The number of nitrogens with one attached hydrogen (secondary N) is 2. The Morgan fingerprint density at radius 2 is 1.80 bits per heavy atom. The molecule has 0 saturated heterocycles. The second kappa shape index (κ2) is 6.43. The fourth-order valence-electron chi connectivity index (χ4n) is 2.66. The molecule has 1 rings (SSSR count). The highest BCUT2D eigenvalue weighted by atomic mass is 16.4. The largest absolute Gasteiger partial charge is 0.480 e. The number of nitrogens with zero attached hydrogens (tertiary/aromatic N) is 1. The van der Waals surface area contributed by atoms with E-state index in [1.54, 1.807) is 13.8 Å². The maximum atomic E-state index is 12.0. The number of hydrogen-bond donors (Lipinski definition) is 3. The van der Waals surface area contributed by atoms with Gasteiger partial charge in [-0.25, -0.2) is 9.59 Å². The number of carbonyl (C=O) groups is 2. The summed E-state index contributed by atoms with van der Waals surface area (Å²) in [7, 11) is 4.02. The molecule has 0 aromatic carbocycles. The number of urea groups is 1. The van der Waals surface area contributed by atoms with Crippen LogP contribution in [0.15, 0.2) is 0 Å². The van der Waals surface area contributed by atoms with Crippen LogP contribution in [0, 0.1) is 0 Å². The van der Waals surface area contributed by atoms with Gasteiger partial charge in [0.05, 0.1) is 0 Å². The number of rotatable bonds is 7. The van der Waals surface area contributed by atoms with Gasteiger partial charge < -0.3 is 20.6 Å². The minimum Gasteiger partial charge on any atom is -0.480 e. The maximum absolute atomic E-state index is 12.0. The van der Waals surface area contributed by atoms with Gasteiger partial charge in [0, 0.05) is 12.1 Å². The zero-order valence-corrected chi connectivity index (χ0v) is 13.0. The molecule has 1 saturated carbocycles. The van der Waals surface area contributed by atoms with E-state index in [-0.39, 0.29) is 5.54 Å². The minimum absolute atomic E-state index is 0.0294. The highest BCUT2D eigenvalue weighted by Gasteiger charge is 2.40. The van der Waals surface area contributed by atoms with E-state index in [0.717, 1.165) is 12.8 Å². The van der Waals surface area contributed by atoms with Gasteiger partial charge in [0.2, 0.25) is 0 Å². The third-order valence-electron chi connectivity index (χ3n) is 4.78. The first-order valence-corrected chi connectivity index (χ1v) is 7.29. The molecule has 0 atom stereocenters. The Labute approximate surface area is 120 Å². The molecule has 0 aliphatic heterocycles. The number of carboxylic acids is 1. The van der Waals surface area contributed by atoms with Crippen LogP contribution < -0.4 is 10.6 Å². The number of carboxylic acid groups (broad SMARTS) is 1. The van der Waals surface area contributed by atoms with Crippen molar-refractivity contribution in [3.63, 3.8) is 0 Å². The Kier molecular flexibility index (Phi) is 5.39. The van der Waals surface area contributed by atoms with E-state index >= 15 is 0 Å². The van der Waals surface area contributed by atoms with Crippen molar-refractivity contribution in [1.82, 2.24) is 15.5 Å². The van der Waals surface area contributed by atoms with Gasteiger partial charge in [0.1, 0.15) is 5.54 Å². The average Bonchev–Trinajstić information content (AvgIpc) is 2.33. The molecule has 3 N–H and O–H groups in total. The molecule has 0 spiro atoms. The number of aliphatic carboxylic acids is 1. The normalized spacial score (nSPS) is 17.4. The lowest BCUT2D eigenvalue weighted by Crippen LogP contribution is -2.61. The maximum Gasteiger partial charge on any atom is 0.329 e. The van der Waals surface area contributed by atoms with E-state index in [1.807, 2.05) is 14.1 Å². The summed E-state index contributed by atoms with van der Waals surface area (Å²) >= 11 is 0. The highest BCUT2D eigenvalue weighted by molar-refractivity contribution is 5.86. The summed E-state index contributed by atoms with van der Waals surface area (Å²) in [6, 6.07) is -0.399. The summed E-state index contributed by atoms with van der Waals surface area (Å²) in [6.45, 7) is 4.09. The molecule has 0 heterocycles. The van der Waals surface area contributed by atoms with Gasteiger partial charge in [0.15, 0.2) is 0 Å². The molecule has 20 heavy (non-hydrogen) atoms. The predicted octanol–water partition coefficient (Wildman–Crippen LogP) is 1.41. The standard InChI is InChI=1S/C14H27N3O3/c1-5-14(6-2,11(18)19)16-12(20)15-10-13(17(3)4)8-7-9-13/h5-10H2,1-4H3,(H,18,19)(H2,15,16,20). The van der Waals surface area contributed by atoms with Crippen LogP contribution in [0.1, 0.15) is 46.0 Å². The smallest absolute Gasteiger partial charge is 0.329 e. The van der Waals surface area contributed by atoms with E-state index in [1.165, 1.54) is 6.42 Å². The fourth-order valence-corrected chi connectivity index (χ4v) is 2.66. The zero-order valence-electron chi connectivity index (χ0n) is 13.0. The molecule has 0 aromatic rings. The van der Waals surface area contributed by atoms with Crippen LogP contribution in [-0.2, 0) is 4.79 Å². The molecule has 0 bridgehead atoms. The van der Waals surface area contributed by atoms with Crippen LogP contribution in [0.25, 0.3) is 0 Å². The lowest BCUT2D eigenvalue weighted by Gasteiger charge is -2.47. The Balaban J connectivity index is 2.57. The molecule has 0 aromatic heterocycles. The molecule has 116 valence electrons. The van der Waals surface area contributed by atoms with Crippen molar-refractivity contribution in [2.24, 2.45) is 0 Å². The quantitative estimate of drug-likeness (QED) is 0.660. The number of amides is 2. The summed E-state index contributed by atoms with van der Waals surface area (Å²) in [6.07, 6.45) is 4.03. The van der Waals surface area contributed by atoms with Crippen LogP contribution in [0.2, 0.25) is 0 Å². The molecule has 6 nitrogen and oxygen atoms in total. The molecular weight excluding hydrogens is 258 g/mol. The summed E-state index contributed by atoms with van der Waals surface area (Å²) < 4.78 is 0. The summed E-state index contributed by atoms with van der Waals surface area (Å²) in [5.41, 5.74) is -1.14. The zero-order chi connectivity index (χ0) is 15.4. The number of carbonyl (C=O) groups excluding carboxylic acids is 1. The van der Waals surface area contributed by atoms with Crippen molar-refractivity contribution in [3.05, 3.63) is 0 Å². The van der Waals surface area contributed by atoms with E-state index in [2.05, 4.69) is 15.5 Å². The first kappa shape index (κ1) is 16.8. The van der Waals surface area contributed by atoms with Gasteiger partial charge in [-0.05, 0) is 46.2 Å². The third kappa shape index (κ3) is 3.23. The van der Waals surface area contributed by atoms with Crippen molar-refractivity contribution in [1.29, 1.82) is 0 Å². The van der Waals surface area contributed by atoms with Crippen molar-refractivity contribution in [2.75, 3.05) is 20.6 Å². The molecule has 1 aliphatic carbocycles. The Hall–Kier alpha value is -1.30. The van der Waals surface area contributed by atoms with E-state index in [0.29, 0.717) is 19.4 Å². The van der Waals surface area contributed by atoms with Gasteiger partial charge in [-0.1, -0.05) is 13.8 Å². The monoisotopic (exact) mass is 285 g/mol. The summed E-state index contributed by atoms with van der Waals surface area (Å²) in [4.78, 5) is 25.5. The Bertz CT molecular complexity index is 361. The van der Waals surface area contributed by atoms with Crippen LogP contribution in [0.5, 0.6) is 0 Å². The van der Waals surface area contributed by atoms with Gasteiger partial charge in [-0.3, -0.25) is 0 Å². The molecule has 0 unspecified atom stereocenters. The van der Waals surface area contributed by atoms with Crippen LogP contribution in [0.4, 0.5) is 4.79 Å². The van der Waals surface area contributed by atoms with Crippen molar-refractivity contribution < 1.29 is 14.7 Å². The number of hydrogen-bond acceptors (Lipinski definition) is 3. The van der Waals surface area contributed by atoms with Gasteiger partial charge in [0.25, 0.3) is 0 Å². The first-order valence-electron chi connectivity index (χ1n) is 7.29. The second-order valence-electron chi connectivity index (χ2n) is 5.87. The predicted molar refractivity (Wildman–Crippen MR) is 77.8 cm³/mol. The molecule has 1 fully saturated rings. The average molecular weight is 285 g/mol. The van der Waals surface area contributed by atoms with E-state index < -0.39 is 17.5 Å². The topological polar surface area (TPSA) is 81.7 Å². The van der Waals surface area contributed by atoms with Crippen molar-refractivity contribution in [2.45, 2.75) is 57.0 Å². The number of likely N-dealkylation sites (N-methyl/N-ethyl adjacent to an activating group) is 1. The second-order valence-corrected chi connectivity index (χ2v) is 5.87. The lowest BCUT2D eigenvalue weighted by molar-refractivity contribution is -0.144. The highest BCUT2D eigenvalue weighted by Crippen LogP contribution is 2.35. The molecule has 2 amide bonds. The van der Waals surface area contributed by atoms with Gasteiger partial charge >= 0.3 is 12.0 Å². The molecule has 6 heteroatoms. The Morgan fingerprint density at radius 1 is 1.25 bits per heavy atom. The third-order valence-corrected chi connectivity index (χ3v) is 4.78. The molecular formula is C14H27N3O3.